The molecule has 0 aliphatic heterocycles. The number of nitrogens with one attached hydrogen (secondary N) is 1. The largest absolute Gasteiger partial charge is 0.487 e. The maximum atomic E-state index is 6.26. The van der Waals surface area contributed by atoms with Crippen LogP contribution < -0.4 is 10.1 Å². The SMILES string of the molecule is CC(C)N(CC[C@@H](C)c1ccc(OCc2ccccc2)c(NCCCc2ccccc2)c1)C(C)C. The van der Waals surface area contributed by atoms with Crippen molar-refractivity contribution in [2.75, 3.05) is 18.4 Å². The smallest absolute Gasteiger partial charge is 0.142 e. The Labute approximate surface area is 213 Å². The van der Waals surface area contributed by atoms with Gasteiger partial charge in [-0.1, -0.05) is 73.7 Å². The van der Waals surface area contributed by atoms with Gasteiger partial charge in [0, 0.05) is 18.6 Å². The van der Waals surface area contributed by atoms with Crippen molar-refractivity contribution in [3.8, 4) is 5.75 Å². The minimum absolute atomic E-state index is 0.489. The summed E-state index contributed by atoms with van der Waals surface area (Å²) in [6.45, 7) is 14.1. The van der Waals surface area contributed by atoms with Gasteiger partial charge in [0.25, 0.3) is 0 Å². The number of anilines is 1. The Kier molecular flexibility index (Phi) is 10.7. The van der Waals surface area contributed by atoms with Gasteiger partial charge in [0.1, 0.15) is 12.4 Å². The maximum absolute atomic E-state index is 6.26. The van der Waals surface area contributed by atoms with Crippen LogP contribution >= 0.6 is 0 Å². The highest BCUT2D eigenvalue weighted by Crippen LogP contribution is 2.31. The summed E-state index contributed by atoms with van der Waals surface area (Å²) in [6.07, 6.45) is 3.30. The molecule has 1 atom stereocenters. The minimum atomic E-state index is 0.489. The molecule has 0 spiro atoms. The average Bonchev–Trinajstić information content (AvgIpc) is 2.86. The summed E-state index contributed by atoms with van der Waals surface area (Å²) < 4.78 is 6.26. The lowest BCUT2D eigenvalue weighted by Crippen LogP contribution is -2.38. The lowest BCUT2D eigenvalue weighted by atomic mass is 9.96. The Balaban J connectivity index is 1.67. The van der Waals surface area contributed by atoms with Gasteiger partial charge in [-0.3, -0.25) is 4.90 Å². The van der Waals surface area contributed by atoms with Crippen LogP contribution in [-0.2, 0) is 13.0 Å². The molecule has 35 heavy (non-hydrogen) atoms. The van der Waals surface area contributed by atoms with Crippen LogP contribution in [0.1, 0.15) is 70.1 Å². The monoisotopic (exact) mass is 472 g/mol. The molecular formula is C32H44N2O. The van der Waals surface area contributed by atoms with Crippen molar-refractivity contribution in [2.24, 2.45) is 0 Å². The summed E-state index contributed by atoms with van der Waals surface area (Å²) in [5.41, 5.74) is 5.04. The zero-order valence-corrected chi connectivity index (χ0v) is 22.3. The van der Waals surface area contributed by atoms with Crippen LogP contribution in [0.4, 0.5) is 5.69 Å². The van der Waals surface area contributed by atoms with Gasteiger partial charge in [0.2, 0.25) is 0 Å². The topological polar surface area (TPSA) is 24.5 Å². The summed E-state index contributed by atoms with van der Waals surface area (Å²) in [7, 11) is 0. The molecule has 0 aromatic heterocycles. The molecule has 0 bridgehead atoms. The van der Waals surface area contributed by atoms with E-state index in [1.54, 1.807) is 0 Å². The molecule has 0 amide bonds. The summed E-state index contributed by atoms with van der Waals surface area (Å²) in [4.78, 5) is 2.58. The molecule has 188 valence electrons. The molecule has 1 N–H and O–H groups in total. The fraction of sp³-hybridized carbons (Fsp3) is 0.438. The molecule has 3 aromatic carbocycles. The normalized spacial score (nSPS) is 12.3. The quantitative estimate of drug-likeness (QED) is 0.241. The first-order valence-electron chi connectivity index (χ1n) is 13.3. The van der Waals surface area contributed by atoms with E-state index in [-0.39, 0.29) is 0 Å². The number of hydrogen-bond donors (Lipinski definition) is 1. The van der Waals surface area contributed by atoms with Gasteiger partial charge < -0.3 is 10.1 Å². The second-order valence-electron chi connectivity index (χ2n) is 10.2. The molecule has 3 heteroatoms. The van der Waals surface area contributed by atoms with Crippen molar-refractivity contribution in [1.29, 1.82) is 0 Å². The highest BCUT2D eigenvalue weighted by molar-refractivity contribution is 5.58. The van der Waals surface area contributed by atoms with E-state index in [4.69, 9.17) is 4.74 Å². The molecule has 0 aliphatic carbocycles. The van der Waals surface area contributed by atoms with E-state index >= 15 is 0 Å². The number of aryl methyl sites for hydroxylation is 1. The Bertz CT molecular complexity index is 977. The minimum Gasteiger partial charge on any atom is -0.487 e. The molecule has 3 nitrogen and oxygen atoms in total. The first kappa shape index (κ1) is 26.8. The van der Waals surface area contributed by atoms with E-state index < -0.39 is 0 Å². The van der Waals surface area contributed by atoms with Crippen LogP contribution in [0, 0.1) is 0 Å². The molecule has 3 rings (SSSR count). The predicted molar refractivity (Wildman–Crippen MR) is 150 cm³/mol. The zero-order chi connectivity index (χ0) is 25.0. The molecule has 0 saturated carbocycles. The Morgan fingerprint density at radius 3 is 2.03 bits per heavy atom. The van der Waals surface area contributed by atoms with Gasteiger partial charge in [-0.15, -0.1) is 0 Å². The molecule has 0 aliphatic rings. The highest BCUT2D eigenvalue weighted by atomic mass is 16.5. The number of hydrogen-bond acceptors (Lipinski definition) is 3. The zero-order valence-electron chi connectivity index (χ0n) is 22.3. The van der Waals surface area contributed by atoms with Crippen molar-refractivity contribution >= 4 is 5.69 Å². The van der Waals surface area contributed by atoms with Gasteiger partial charge in [0.05, 0.1) is 5.69 Å². The first-order chi connectivity index (χ1) is 16.9. The van der Waals surface area contributed by atoms with Crippen molar-refractivity contribution in [3.05, 3.63) is 95.6 Å². The second kappa shape index (κ2) is 13.9. The highest BCUT2D eigenvalue weighted by Gasteiger charge is 2.16. The van der Waals surface area contributed by atoms with Gasteiger partial charge >= 0.3 is 0 Å². The number of rotatable bonds is 14. The molecule has 0 saturated heterocycles. The van der Waals surface area contributed by atoms with Crippen molar-refractivity contribution in [2.45, 2.75) is 78.5 Å². The predicted octanol–water partition coefficient (Wildman–Crippen LogP) is 7.92. The van der Waals surface area contributed by atoms with Crippen LogP contribution in [0.2, 0.25) is 0 Å². The van der Waals surface area contributed by atoms with Crippen molar-refractivity contribution in [1.82, 2.24) is 4.90 Å². The third-order valence-electron chi connectivity index (χ3n) is 6.76. The van der Waals surface area contributed by atoms with Gasteiger partial charge in [0.15, 0.2) is 0 Å². The third kappa shape index (κ3) is 8.74. The lowest BCUT2D eigenvalue weighted by molar-refractivity contribution is 0.169. The van der Waals surface area contributed by atoms with E-state index in [9.17, 15) is 0 Å². The van der Waals surface area contributed by atoms with Crippen LogP contribution in [0.25, 0.3) is 0 Å². The van der Waals surface area contributed by atoms with Crippen LogP contribution in [-0.4, -0.2) is 30.1 Å². The Morgan fingerprint density at radius 2 is 1.40 bits per heavy atom. The molecule has 0 heterocycles. The van der Waals surface area contributed by atoms with E-state index in [0.29, 0.717) is 24.6 Å². The number of ether oxygens (including phenoxy) is 1. The summed E-state index contributed by atoms with van der Waals surface area (Å²) in [6, 6.07) is 28.9. The molecule has 0 radical (unpaired) electrons. The maximum Gasteiger partial charge on any atom is 0.142 e. The average molecular weight is 473 g/mol. The first-order valence-corrected chi connectivity index (χ1v) is 13.3. The number of nitrogens with zero attached hydrogens (tertiary/aromatic N) is 1. The van der Waals surface area contributed by atoms with Crippen LogP contribution in [0.15, 0.2) is 78.9 Å². The lowest BCUT2D eigenvalue weighted by Gasteiger charge is -2.31. The Morgan fingerprint density at radius 1 is 0.771 bits per heavy atom. The van der Waals surface area contributed by atoms with Crippen LogP contribution in [0.3, 0.4) is 0 Å². The summed E-state index contributed by atoms with van der Waals surface area (Å²) >= 11 is 0. The molecule has 3 aromatic rings. The van der Waals surface area contributed by atoms with Crippen molar-refractivity contribution < 1.29 is 4.74 Å². The second-order valence-corrected chi connectivity index (χ2v) is 10.2. The van der Waals surface area contributed by atoms with Crippen LogP contribution in [0.5, 0.6) is 5.75 Å². The van der Waals surface area contributed by atoms with Gasteiger partial charge in [-0.25, -0.2) is 0 Å². The summed E-state index contributed by atoms with van der Waals surface area (Å²) in [5, 5.41) is 3.68. The third-order valence-corrected chi connectivity index (χ3v) is 6.76. The fourth-order valence-corrected chi connectivity index (χ4v) is 4.64. The van der Waals surface area contributed by atoms with Gasteiger partial charge in [-0.2, -0.15) is 0 Å². The molecular weight excluding hydrogens is 428 g/mol. The van der Waals surface area contributed by atoms with Gasteiger partial charge in [-0.05, 0) is 88.2 Å². The van der Waals surface area contributed by atoms with E-state index in [2.05, 4.69) is 118 Å². The van der Waals surface area contributed by atoms with Crippen molar-refractivity contribution in [3.63, 3.8) is 0 Å². The van der Waals surface area contributed by atoms with E-state index in [1.807, 2.05) is 6.07 Å². The molecule has 0 unspecified atom stereocenters. The molecule has 0 fully saturated rings. The number of benzene rings is 3. The van der Waals surface area contributed by atoms with E-state index in [1.165, 1.54) is 16.7 Å². The Hall–Kier alpha value is -2.78. The van der Waals surface area contributed by atoms with E-state index in [0.717, 1.165) is 43.8 Å². The standard InChI is InChI=1S/C32H44N2O/c1-25(2)34(26(3)4)22-20-27(5)30-18-19-32(35-24-29-15-10-7-11-16-29)31(23-30)33-21-12-17-28-13-8-6-9-14-28/h6-11,13-16,18-19,23,25-27,33H,12,17,20-22,24H2,1-5H3/t27-/m1/s1. The summed E-state index contributed by atoms with van der Waals surface area (Å²) in [5.74, 6) is 1.42. The fourth-order valence-electron chi connectivity index (χ4n) is 4.64.